The summed E-state index contributed by atoms with van der Waals surface area (Å²) in [7, 11) is 0. The van der Waals surface area contributed by atoms with E-state index in [4.69, 9.17) is 4.42 Å². The molecule has 25 heavy (non-hydrogen) atoms. The van der Waals surface area contributed by atoms with Gasteiger partial charge < -0.3 is 14.6 Å². The number of carbonyl (C=O) groups excluding carboxylic acids is 2. The zero-order valence-corrected chi connectivity index (χ0v) is 14.7. The van der Waals surface area contributed by atoms with Crippen molar-refractivity contribution in [1.82, 2.24) is 10.2 Å². The molecule has 0 saturated carbocycles. The molecule has 2 amide bonds. The van der Waals surface area contributed by atoms with Gasteiger partial charge in [-0.15, -0.1) is 0 Å². The third-order valence-corrected chi connectivity index (χ3v) is 4.84. The van der Waals surface area contributed by atoms with Gasteiger partial charge in [-0.05, 0) is 44.4 Å². The van der Waals surface area contributed by atoms with Gasteiger partial charge in [0, 0.05) is 19.6 Å². The molecule has 2 aromatic rings. The van der Waals surface area contributed by atoms with Crippen molar-refractivity contribution in [3.05, 3.63) is 59.5 Å². The average Bonchev–Trinajstić information content (AvgIpc) is 3.15. The molecule has 0 aliphatic carbocycles. The van der Waals surface area contributed by atoms with E-state index >= 15 is 0 Å². The fourth-order valence-corrected chi connectivity index (χ4v) is 3.26. The summed E-state index contributed by atoms with van der Waals surface area (Å²) in [6, 6.07) is 11.5. The molecule has 1 N–H and O–H groups in total. The Bertz CT molecular complexity index is 737. The number of likely N-dealkylation sites (tertiary alicyclic amines) is 1. The minimum atomic E-state index is -0.578. The smallest absolute Gasteiger partial charge is 0.289 e. The van der Waals surface area contributed by atoms with Crippen LogP contribution in [0.25, 0.3) is 0 Å². The number of hydrogen-bond acceptors (Lipinski definition) is 3. The molecule has 5 heteroatoms. The number of rotatable bonds is 4. The standard InChI is InChI=1S/C20H24N2O3/c1-15-6-8-16(9-7-15)13-21-19(24)20(2)10-4-11-22(14-20)18(23)17-5-3-12-25-17/h3,5-9,12H,4,10-11,13-14H2,1-2H3,(H,21,24). The van der Waals surface area contributed by atoms with Crippen LogP contribution in [0.1, 0.15) is 41.4 Å². The van der Waals surface area contributed by atoms with Gasteiger partial charge in [-0.1, -0.05) is 29.8 Å². The first-order valence-corrected chi connectivity index (χ1v) is 8.65. The quantitative estimate of drug-likeness (QED) is 0.930. The molecule has 1 aromatic heterocycles. The van der Waals surface area contributed by atoms with Gasteiger partial charge in [0.05, 0.1) is 11.7 Å². The van der Waals surface area contributed by atoms with Crippen LogP contribution in [-0.2, 0) is 11.3 Å². The molecular weight excluding hydrogens is 316 g/mol. The lowest BCUT2D eigenvalue weighted by atomic mass is 9.80. The van der Waals surface area contributed by atoms with E-state index in [-0.39, 0.29) is 11.8 Å². The lowest BCUT2D eigenvalue weighted by molar-refractivity contribution is -0.132. The number of nitrogens with one attached hydrogen (secondary N) is 1. The molecule has 1 fully saturated rings. The number of carbonyl (C=O) groups is 2. The zero-order chi connectivity index (χ0) is 17.9. The van der Waals surface area contributed by atoms with E-state index < -0.39 is 5.41 Å². The van der Waals surface area contributed by atoms with Crippen molar-refractivity contribution in [2.75, 3.05) is 13.1 Å². The summed E-state index contributed by atoms with van der Waals surface area (Å²) in [5, 5.41) is 3.02. The van der Waals surface area contributed by atoms with Crippen LogP contribution in [0.15, 0.2) is 47.1 Å². The predicted molar refractivity (Wildman–Crippen MR) is 95.0 cm³/mol. The molecule has 0 bridgehead atoms. The van der Waals surface area contributed by atoms with Crippen LogP contribution in [-0.4, -0.2) is 29.8 Å². The second-order valence-electron chi connectivity index (χ2n) is 7.04. The highest BCUT2D eigenvalue weighted by Crippen LogP contribution is 2.30. The van der Waals surface area contributed by atoms with Crippen molar-refractivity contribution in [3.63, 3.8) is 0 Å². The van der Waals surface area contributed by atoms with Gasteiger partial charge in [0.15, 0.2) is 5.76 Å². The highest BCUT2D eigenvalue weighted by atomic mass is 16.3. The van der Waals surface area contributed by atoms with Gasteiger partial charge in [0.25, 0.3) is 5.91 Å². The average molecular weight is 340 g/mol. The maximum atomic E-state index is 12.7. The van der Waals surface area contributed by atoms with E-state index in [2.05, 4.69) is 5.32 Å². The lowest BCUT2D eigenvalue weighted by Crippen LogP contribution is -2.51. The molecule has 1 aliphatic rings. The Hall–Kier alpha value is -2.56. The summed E-state index contributed by atoms with van der Waals surface area (Å²) in [6.07, 6.45) is 3.07. The highest BCUT2D eigenvalue weighted by molar-refractivity contribution is 5.92. The van der Waals surface area contributed by atoms with Crippen LogP contribution in [0, 0.1) is 12.3 Å². The van der Waals surface area contributed by atoms with Gasteiger partial charge in [-0.2, -0.15) is 0 Å². The molecule has 1 atom stereocenters. The predicted octanol–water partition coefficient (Wildman–Crippen LogP) is 3.15. The Kier molecular flexibility index (Phi) is 4.93. The molecule has 132 valence electrons. The van der Waals surface area contributed by atoms with Gasteiger partial charge in [-0.25, -0.2) is 0 Å². The normalized spacial score (nSPS) is 20.3. The van der Waals surface area contributed by atoms with E-state index in [1.165, 1.54) is 11.8 Å². The van der Waals surface area contributed by atoms with Crippen molar-refractivity contribution in [1.29, 1.82) is 0 Å². The van der Waals surface area contributed by atoms with Crippen molar-refractivity contribution in [2.24, 2.45) is 5.41 Å². The number of furan rings is 1. The first-order chi connectivity index (χ1) is 12.0. The maximum Gasteiger partial charge on any atom is 0.289 e. The lowest BCUT2D eigenvalue weighted by Gasteiger charge is -2.39. The molecule has 0 spiro atoms. The largest absolute Gasteiger partial charge is 0.459 e. The second kappa shape index (κ2) is 7.13. The van der Waals surface area contributed by atoms with Crippen LogP contribution >= 0.6 is 0 Å². The van der Waals surface area contributed by atoms with Crippen LogP contribution in [0.4, 0.5) is 0 Å². The summed E-state index contributed by atoms with van der Waals surface area (Å²) in [5.41, 5.74) is 1.69. The van der Waals surface area contributed by atoms with E-state index in [1.54, 1.807) is 17.0 Å². The third kappa shape index (κ3) is 3.92. The fraction of sp³-hybridized carbons (Fsp3) is 0.400. The molecule has 1 saturated heterocycles. The maximum absolute atomic E-state index is 12.7. The molecule has 0 radical (unpaired) electrons. The van der Waals surface area contributed by atoms with Gasteiger partial charge in [0.2, 0.25) is 5.91 Å². The number of hydrogen-bond donors (Lipinski definition) is 1. The summed E-state index contributed by atoms with van der Waals surface area (Å²) < 4.78 is 5.20. The molecule has 1 aliphatic heterocycles. The number of nitrogens with zero attached hydrogens (tertiary/aromatic N) is 1. The molecule has 1 aromatic carbocycles. The second-order valence-corrected chi connectivity index (χ2v) is 7.04. The minimum Gasteiger partial charge on any atom is -0.459 e. The fourth-order valence-electron chi connectivity index (χ4n) is 3.26. The topological polar surface area (TPSA) is 62.6 Å². The Balaban J connectivity index is 1.62. The Labute approximate surface area is 148 Å². The molecule has 5 nitrogen and oxygen atoms in total. The Morgan fingerprint density at radius 1 is 1.24 bits per heavy atom. The van der Waals surface area contributed by atoms with Crippen LogP contribution < -0.4 is 5.32 Å². The van der Waals surface area contributed by atoms with Crippen molar-refractivity contribution >= 4 is 11.8 Å². The van der Waals surface area contributed by atoms with Crippen LogP contribution in [0.3, 0.4) is 0 Å². The van der Waals surface area contributed by atoms with Crippen molar-refractivity contribution in [3.8, 4) is 0 Å². The highest BCUT2D eigenvalue weighted by Gasteiger charge is 2.39. The number of aryl methyl sites for hydroxylation is 1. The van der Waals surface area contributed by atoms with Gasteiger partial charge in [0.1, 0.15) is 0 Å². The van der Waals surface area contributed by atoms with Gasteiger partial charge in [-0.3, -0.25) is 9.59 Å². The molecule has 1 unspecified atom stereocenters. The van der Waals surface area contributed by atoms with Gasteiger partial charge >= 0.3 is 0 Å². The number of benzene rings is 1. The number of piperidine rings is 1. The number of amides is 2. The monoisotopic (exact) mass is 340 g/mol. The van der Waals surface area contributed by atoms with Crippen molar-refractivity contribution in [2.45, 2.75) is 33.2 Å². The summed E-state index contributed by atoms with van der Waals surface area (Å²) in [5.74, 6) is 0.164. The molecule has 2 heterocycles. The molecular formula is C20H24N2O3. The summed E-state index contributed by atoms with van der Waals surface area (Å²) in [6.45, 7) is 5.53. The van der Waals surface area contributed by atoms with E-state index in [0.717, 1.165) is 18.4 Å². The van der Waals surface area contributed by atoms with E-state index in [9.17, 15) is 9.59 Å². The Morgan fingerprint density at radius 2 is 2.00 bits per heavy atom. The minimum absolute atomic E-state index is 0.00924. The SMILES string of the molecule is Cc1ccc(CNC(=O)C2(C)CCCN(C(=O)c3ccco3)C2)cc1. The first-order valence-electron chi connectivity index (χ1n) is 8.65. The van der Waals surface area contributed by atoms with E-state index in [1.807, 2.05) is 38.1 Å². The Morgan fingerprint density at radius 3 is 2.68 bits per heavy atom. The van der Waals surface area contributed by atoms with Crippen molar-refractivity contribution < 1.29 is 14.0 Å². The molecule has 3 rings (SSSR count). The summed E-state index contributed by atoms with van der Waals surface area (Å²) in [4.78, 5) is 26.9. The van der Waals surface area contributed by atoms with Crippen LogP contribution in [0.2, 0.25) is 0 Å². The zero-order valence-electron chi connectivity index (χ0n) is 14.7. The van der Waals surface area contributed by atoms with E-state index in [0.29, 0.717) is 25.4 Å². The first kappa shape index (κ1) is 17.3. The summed E-state index contributed by atoms with van der Waals surface area (Å²) >= 11 is 0. The third-order valence-electron chi connectivity index (χ3n) is 4.84. The van der Waals surface area contributed by atoms with Crippen LogP contribution in [0.5, 0.6) is 0 Å².